The normalized spacial score (nSPS) is 46.4. The van der Waals surface area contributed by atoms with Gasteiger partial charge < -0.3 is 5.11 Å². The Balaban J connectivity index is 1.95. The Bertz CT molecular complexity index is 374. The number of aliphatic carboxylic acids is 1. The van der Waals surface area contributed by atoms with Crippen molar-refractivity contribution < 1.29 is 23.1 Å². The molecule has 2 atom stereocenters. The summed E-state index contributed by atoms with van der Waals surface area (Å²) in [5.74, 6) is -0.770. The van der Waals surface area contributed by atoms with Crippen LogP contribution in [0.5, 0.6) is 0 Å². The van der Waals surface area contributed by atoms with Crippen molar-refractivity contribution in [3.05, 3.63) is 0 Å². The number of carbonyl (C=O) groups is 1. The van der Waals surface area contributed by atoms with Crippen molar-refractivity contribution in [1.82, 2.24) is 0 Å². The van der Waals surface area contributed by atoms with E-state index in [0.29, 0.717) is 12.8 Å². The Kier molecular flexibility index (Phi) is 2.34. The maximum absolute atomic E-state index is 13.4. The van der Waals surface area contributed by atoms with Crippen molar-refractivity contribution in [3.63, 3.8) is 0 Å². The predicted octanol–water partition coefficient (Wildman–Crippen LogP) is 3.61. The summed E-state index contributed by atoms with van der Waals surface area (Å²) >= 11 is 0. The molecular formula is C13H17F3O2. The minimum Gasteiger partial charge on any atom is -0.481 e. The average molecular weight is 262 g/mol. The fourth-order valence-electron chi connectivity index (χ4n) is 5.31. The first kappa shape index (κ1) is 12.3. The molecule has 4 saturated carbocycles. The van der Waals surface area contributed by atoms with Gasteiger partial charge in [-0.3, -0.25) is 4.79 Å². The topological polar surface area (TPSA) is 37.3 Å². The van der Waals surface area contributed by atoms with Crippen LogP contribution in [-0.4, -0.2) is 17.3 Å². The van der Waals surface area contributed by atoms with E-state index in [1.165, 1.54) is 0 Å². The lowest BCUT2D eigenvalue weighted by Gasteiger charge is -2.62. The van der Waals surface area contributed by atoms with Crippen LogP contribution < -0.4 is 0 Å². The van der Waals surface area contributed by atoms with Crippen LogP contribution in [-0.2, 0) is 4.79 Å². The van der Waals surface area contributed by atoms with Crippen LogP contribution in [0.2, 0.25) is 0 Å². The molecule has 1 N–H and O–H groups in total. The Labute approximate surface area is 104 Å². The summed E-state index contributed by atoms with van der Waals surface area (Å²) in [5.41, 5.74) is -2.15. The maximum atomic E-state index is 13.4. The van der Waals surface area contributed by atoms with Crippen molar-refractivity contribution in [1.29, 1.82) is 0 Å². The number of hydrogen-bond donors (Lipinski definition) is 1. The van der Waals surface area contributed by atoms with Gasteiger partial charge in [0, 0.05) is 0 Å². The minimum absolute atomic E-state index is 0.0444. The molecule has 4 rings (SSSR count). The fourth-order valence-corrected chi connectivity index (χ4v) is 5.31. The van der Waals surface area contributed by atoms with Crippen molar-refractivity contribution in [2.45, 2.75) is 51.1 Å². The van der Waals surface area contributed by atoms with Gasteiger partial charge in [-0.25, -0.2) is 0 Å². The monoisotopic (exact) mass is 262 g/mol. The molecule has 0 heterocycles. The predicted molar refractivity (Wildman–Crippen MR) is 57.9 cm³/mol. The highest BCUT2D eigenvalue weighted by Gasteiger charge is 2.67. The summed E-state index contributed by atoms with van der Waals surface area (Å²) in [6.07, 6.45) is -1.50. The zero-order valence-electron chi connectivity index (χ0n) is 10.1. The Hall–Kier alpha value is -0.740. The zero-order valence-corrected chi connectivity index (χ0v) is 10.1. The summed E-state index contributed by atoms with van der Waals surface area (Å²) < 4.78 is 40.1. The van der Waals surface area contributed by atoms with Gasteiger partial charge in [0.25, 0.3) is 0 Å². The van der Waals surface area contributed by atoms with E-state index < -0.39 is 23.0 Å². The standard InChI is InChI=1S/C13H17F3O2/c14-13(15,16)12-4-8-1-9(5-12)3-11(2-8,7-12)6-10(17)18/h8-9H,1-7H2,(H,17,18)/t8-,9-,11?,12?/m1/s1. The van der Waals surface area contributed by atoms with Gasteiger partial charge in [0.1, 0.15) is 0 Å². The van der Waals surface area contributed by atoms with Crippen LogP contribution in [0.15, 0.2) is 0 Å². The average Bonchev–Trinajstić information content (AvgIpc) is 2.10. The van der Waals surface area contributed by atoms with E-state index in [9.17, 15) is 18.0 Å². The number of hydrogen-bond acceptors (Lipinski definition) is 1. The first-order chi connectivity index (χ1) is 8.24. The van der Waals surface area contributed by atoms with E-state index in [4.69, 9.17) is 5.11 Å². The molecule has 0 unspecified atom stereocenters. The number of carboxylic acid groups (broad SMARTS) is 1. The molecule has 0 aromatic rings. The van der Waals surface area contributed by atoms with E-state index in [1.54, 1.807) is 0 Å². The molecule has 0 saturated heterocycles. The Morgan fingerprint density at radius 1 is 1.17 bits per heavy atom. The molecule has 102 valence electrons. The second-order valence-electron chi connectivity index (χ2n) is 6.81. The van der Waals surface area contributed by atoms with E-state index in [1.807, 2.05) is 0 Å². The highest BCUT2D eigenvalue weighted by Crippen LogP contribution is 2.70. The van der Waals surface area contributed by atoms with Gasteiger partial charge >= 0.3 is 12.1 Å². The molecule has 0 spiro atoms. The van der Waals surface area contributed by atoms with Gasteiger partial charge in [-0.1, -0.05) is 0 Å². The smallest absolute Gasteiger partial charge is 0.394 e. The fraction of sp³-hybridized carbons (Fsp3) is 0.923. The van der Waals surface area contributed by atoms with Crippen LogP contribution in [0.4, 0.5) is 13.2 Å². The van der Waals surface area contributed by atoms with Gasteiger partial charge in [-0.2, -0.15) is 13.2 Å². The molecular weight excluding hydrogens is 245 g/mol. The number of alkyl halides is 3. The summed E-state index contributed by atoms with van der Waals surface area (Å²) in [4.78, 5) is 11.0. The van der Waals surface area contributed by atoms with Crippen molar-refractivity contribution in [2.24, 2.45) is 22.7 Å². The van der Waals surface area contributed by atoms with Crippen molar-refractivity contribution >= 4 is 5.97 Å². The minimum atomic E-state index is -4.17. The largest absolute Gasteiger partial charge is 0.481 e. The molecule has 0 aromatic carbocycles. The van der Waals surface area contributed by atoms with Crippen molar-refractivity contribution in [2.75, 3.05) is 0 Å². The van der Waals surface area contributed by atoms with E-state index in [2.05, 4.69) is 0 Å². The molecule has 2 nitrogen and oxygen atoms in total. The lowest BCUT2D eigenvalue weighted by Crippen LogP contribution is -2.57. The van der Waals surface area contributed by atoms with Gasteiger partial charge in [0.2, 0.25) is 0 Å². The highest BCUT2D eigenvalue weighted by atomic mass is 19.4. The molecule has 0 radical (unpaired) electrons. The lowest BCUT2D eigenvalue weighted by molar-refractivity contribution is -0.287. The third-order valence-electron chi connectivity index (χ3n) is 5.31. The van der Waals surface area contributed by atoms with E-state index in [0.717, 1.165) is 6.42 Å². The maximum Gasteiger partial charge on any atom is 0.394 e. The van der Waals surface area contributed by atoms with Gasteiger partial charge in [-0.15, -0.1) is 0 Å². The van der Waals surface area contributed by atoms with Gasteiger partial charge in [0.05, 0.1) is 11.8 Å². The second kappa shape index (κ2) is 3.42. The third kappa shape index (κ3) is 1.66. The molecule has 4 aliphatic rings. The number of rotatable bonds is 2. The zero-order chi connectivity index (χ0) is 13.2. The molecule has 0 amide bonds. The lowest BCUT2D eigenvalue weighted by atomic mass is 9.43. The van der Waals surface area contributed by atoms with E-state index in [-0.39, 0.29) is 37.5 Å². The summed E-state index contributed by atoms with van der Waals surface area (Å²) in [7, 11) is 0. The van der Waals surface area contributed by atoms with Crippen LogP contribution in [0.25, 0.3) is 0 Å². The second-order valence-corrected chi connectivity index (χ2v) is 6.81. The SMILES string of the molecule is O=C(O)CC12C[C@H]3C[C@H](C1)CC(C(F)(F)F)(C3)C2. The molecule has 4 aliphatic carbocycles. The molecule has 18 heavy (non-hydrogen) atoms. The van der Waals surface area contributed by atoms with Crippen LogP contribution in [0.1, 0.15) is 44.9 Å². The van der Waals surface area contributed by atoms with Crippen LogP contribution in [0.3, 0.4) is 0 Å². The number of halogens is 3. The molecule has 5 heteroatoms. The first-order valence-electron chi connectivity index (χ1n) is 6.52. The summed E-state index contributed by atoms with van der Waals surface area (Å²) in [6.45, 7) is 0. The Morgan fingerprint density at radius 3 is 2.17 bits per heavy atom. The molecule has 0 aromatic heterocycles. The number of carboxylic acids is 1. The van der Waals surface area contributed by atoms with Crippen LogP contribution >= 0.6 is 0 Å². The quantitative estimate of drug-likeness (QED) is 0.825. The van der Waals surface area contributed by atoms with E-state index >= 15 is 0 Å². The van der Waals surface area contributed by atoms with Gasteiger partial charge in [-0.05, 0) is 55.8 Å². The highest BCUT2D eigenvalue weighted by molar-refractivity contribution is 5.67. The van der Waals surface area contributed by atoms with Crippen LogP contribution in [0, 0.1) is 22.7 Å². The van der Waals surface area contributed by atoms with Crippen molar-refractivity contribution in [3.8, 4) is 0 Å². The third-order valence-corrected chi connectivity index (χ3v) is 5.31. The first-order valence-corrected chi connectivity index (χ1v) is 6.52. The molecule has 4 fully saturated rings. The summed E-state index contributed by atoms with van der Waals surface area (Å²) in [6, 6.07) is 0. The molecule has 4 bridgehead atoms. The van der Waals surface area contributed by atoms with Gasteiger partial charge in [0.15, 0.2) is 0 Å². The summed E-state index contributed by atoms with van der Waals surface area (Å²) in [5, 5.41) is 8.98. The molecule has 0 aliphatic heterocycles. The Morgan fingerprint density at radius 2 is 1.72 bits per heavy atom.